The fourth-order valence-corrected chi connectivity index (χ4v) is 1.92. The predicted molar refractivity (Wildman–Crippen MR) is 60.6 cm³/mol. The Hall–Kier alpha value is -1.12. The predicted octanol–water partition coefficient (Wildman–Crippen LogP) is 2.64. The molecule has 80 valence electrons. The summed E-state index contributed by atoms with van der Waals surface area (Å²) in [4.78, 5) is 0. The van der Waals surface area contributed by atoms with Crippen LogP contribution in [-0.2, 0) is 15.9 Å². The second-order valence-electron chi connectivity index (χ2n) is 3.66. The molecule has 0 N–H and O–H groups in total. The lowest BCUT2D eigenvalue weighted by Crippen LogP contribution is -1.99. The number of fused-ring (bicyclic) bond motifs is 1. The van der Waals surface area contributed by atoms with Gasteiger partial charge in [0.25, 0.3) is 0 Å². The lowest BCUT2D eigenvalue weighted by atomic mass is 10.0. The van der Waals surface area contributed by atoms with Gasteiger partial charge >= 0.3 is 0 Å². The molecule has 0 unspecified atom stereocenters. The van der Waals surface area contributed by atoms with Crippen molar-refractivity contribution in [3.63, 3.8) is 0 Å². The van der Waals surface area contributed by atoms with E-state index >= 15 is 0 Å². The summed E-state index contributed by atoms with van der Waals surface area (Å²) in [6.07, 6.45) is 4.33. The Bertz CT molecular complexity index is 355. The van der Waals surface area contributed by atoms with Crippen LogP contribution in [0.15, 0.2) is 30.3 Å². The molecule has 1 aromatic rings. The summed E-state index contributed by atoms with van der Waals surface area (Å²) in [6.45, 7) is 1.11. The fraction of sp³-hybridized carbons (Fsp3) is 0.385. The van der Waals surface area contributed by atoms with Gasteiger partial charge in [0.2, 0.25) is 0 Å². The molecule has 0 aliphatic heterocycles. The van der Waals surface area contributed by atoms with E-state index in [0.29, 0.717) is 6.79 Å². The number of allylic oxidation sites excluding steroid dienone is 1. The van der Waals surface area contributed by atoms with Crippen LogP contribution < -0.4 is 0 Å². The number of benzene rings is 1. The summed E-state index contributed by atoms with van der Waals surface area (Å²) in [5, 5.41) is 0. The number of rotatable bonds is 5. The molecule has 0 spiro atoms. The summed E-state index contributed by atoms with van der Waals surface area (Å²) in [5.74, 6) is 0. The molecule has 1 aromatic carbocycles. The lowest BCUT2D eigenvalue weighted by Gasteiger charge is -2.06. The van der Waals surface area contributed by atoms with E-state index in [-0.39, 0.29) is 0 Å². The van der Waals surface area contributed by atoms with Crippen molar-refractivity contribution in [1.29, 1.82) is 0 Å². The van der Waals surface area contributed by atoms with Crippen molar-refractivity contribution in [3.8, 4) is 0 Å². The standard InChI is InChI=1S/C13H16O2/c1-14-10-15-9-8-12-7-6-11-4-2-3-5-13(11)12/h2-5,7H,6,8-10H2,1H3. The maximum atomic E-state index is 5.30. The summed E-state index contributed by atoms with van der Waals surface area (Å²) in [7, 11) is 1.64. The van der Waals surface area contributed by atoms with Crippen molar-refractivity contribution >= 4 is 5.57 Å². The van der Waals surface area contributed by atoms with Gasteiger partial charge in [-0.15, -0.1) is 0 Å². The van der Waals surface area contributed by atoms with Crippen molar-refractivity contribution < 1.29 is 9.47 Å². The van der Waals surface area contributed by atoms with E-state index in [4.69, 9.17) is 9.47 Å². The zero-order valence-corrected chi connectivity index (χ0v) is 9.03. The zero-order valence-electron chi connectivity index (χ0n) is 9.03. The highest BCUT2D eigenvalue weighted by atomic mass is 16.7. The van der Waals surface area contributed by atoms with Gasteiger partial charge in [0.1, 0.15) is 6.79 Å². The highest BCUT2D eigenvalue weighted by Gasteiger charge is 2.12. The molecule has 15 heavy (non-hydrogen) atoms. The Morgan fingerprint density at radius 2 is 2.13 bits per heavy atom. The molecule has 0 aromatic heterocycles. The third-order valence-electron chi connectivity index (χ3n) is 2.65. The molecule has 0 saturated carbocycles. The Morgan fingerprint density at radius 1 is 1.27 bits per heavy atom. The van der Waals surface area contributed by atoms with Gasteiger partial charge in [-0.2, -0.15) is 0 Å². The summed E-state index contributed by atoms with van der Waals surface area (Å²) < 4.78 is 10.1. The van der Waals surface area contributed by atoms with Crippen LogP contribution in [0.5, 0.6) is 0 Å². The Balaban J connectivity index is 1.90. The zero-order chi connectivity index (χ0) is 10.5. The molecule has 0 amide bonds. The lowest BCUT2D eigenvalue weighted by molar-refractivity contribution is -0.0280. The Morgan fingerprint density at radius 3 is 3.00 bits per heavy atom. The molecule has 0 atom stereocenters. The van der Waals surface area contributed by atoms with Gasteiger partial charge in [0.15, 0.2) is 0 Å². The average molecular weight is 204 g/mol. The number of ether oxygens (including phenoxy) is 2. The maximum Gasteiger partial charge on any atom is 0.146 e. The quantitative estimate of drug-likeness (QED) is 0.542. The van der Waals surface area contributed by atoms with E-state index in [2.05, 4.69) is 30.3 Å². The number of methoxy groups -OCH3 is 1. The molecule has 2 rings (SSSR count). The fourth-order valence-electron chi connectivity index (χ4n) is 1.92. The van der Waals surface area contributed by atoms with E-state index in [1.54, 1.807) is 7.11 Å². The maximum absolute atomic E-state index is 5.30. The molecular formula is C13H16O2. The van der Waals surface area contributed by atoms with Crippen LogP contribution in [0.4, 0.5) is 0 Å². The van der Waals surface area contributed by atoms with Crippen LogP contribution in [0.1, 0.15) is 17.5 Å². The summed E-state index contributed by atoms with van der Waals surface area (Å²) >= 11 is 0. The van der Waals surface area contributed by atoms with Crippen LogP contribution in [0, 0.1) is 0 Å². The Kier molecular flexibility index (Phi) is 3.54. The van der Waals surface area contributed by atoms with Crippen molar-refractivity contribution in [2.75, 3.05) is 20.5 Å². The highest BCUT2D eigenvalue weighted by Crippen LogP contribution is 2.29. The molecule has 1 aliphatic carbocycles. The molecular weight excluding hydrogens is 188 g/mol. The van der Waals surface area contributed by atoms with Gasteiger partial charge in [-0.3, -0.25) is 0 Å². The minimum Gasteiger partial charge on any atom is -0.359 e. The minimum absolute atomic E-state index is 0.384. The monoisotopic (exact) mass is 204 g/mol. The molecule has 0 fully saturated rings. The highest BCUT2D eigenvalue weighted by molar-refractivity contribution is 5.72. The average Bonchev–Trinajstić information content (AvgIpc) is 2.68. The molecule has 0 radical (unpaired) electrons. The van der Waals surface area contributed by atoms with Crippen LogP contribution in [0.3, 0.4) is 0 Å². The smallest absolute Gasteiger partial charge is 0.146 e. The van der Waals surface area contributed by atoms with Gasteiger partial charge in [0.05, 0.1) is 6.61 Å². The van der Waals surface area contributed by atoms with E-state index in [1.165, 1.54) is 16.7 Å². The Labute approximate surface area is 90.5 Å². The second kappa shape index (κ2) is 5.10. The van der Waals surface area contributed by atoms with Crippen LogP contribution in [0.2, 0.25) is 0 Å². The van der Waals surface area contributed by atoms with E-state index < -0.39 is 0 Å². The van der Waals surface area contributed by atoms with Gasteiger partial charge in [0, 0.05) is 7.11 Å². The first-order chi connectivity index (χ1) is 7.42. The second-order valence-corrected chi connectivity index (χ2v) is 3.66. The molecule has 0 bridgehead atoms. The van der Waals surface area contributed by atoms with E-state index in [0.717, 1.165) is 19.4 Å². The summed E-state index contributed by atoms with van der Waals surface area (Å²) in [5.41, 5.74) is 4.22. The first kappa shape index (κ1) is 10.4. The molecule has 1 aliphatic rings. The van der Waals surface area contributed by atoms with Gasteiger partial charge < -0.3 is 9.47 Å². The third-order valence-corrected chi connectivity index (χ3v) is 2.65. The van der Waals surface area contributed by atoms with Gasteiger partial charge in [-0.05, 0) is 29.5 Å². The SMILES string of the molecule is COCOCCC1=CCc2ccccc21. The third kappa shape index (κ3) is 2.46. The first-order valence-corrected chi connectivity index (χ1v) is 5.26. The molecule has 0 heterocycles. The van der Waals surface area contributed by atoms with Crippen molar-refractivity contribution in [2.45, 2.75) is 12.8 Å². The van der Waals surface area contributed by atoms with Crippen molar-refractivity contribution in [1.82, 2.24) is 0 Å². The number of hydrogen-bond donors (Lipinski definition) is 0. The molecule has 0 saturated heterocycles. The van der Waals surface area contributed by atoms with E-state index in [9.17, 15) is 0 Å². The molecule has 2 nitrogen and oxygen atoms in total. The largest absolute Gasteiger partial charge is 0.359 e. The van der Waals surface area contributed by atoms with Crippen LogP contribution in [0.25, 0.3) is 5.57 Å². The van der Waals surface area contributed by atoms with E-state index in [1.807, 2.05) is 0 Å². The summed E-state index contributed by atoms with van der Waals surface area (Å²) in [6, 6.07) is 8.56. The van der Waals surface area contributed by atoms with Crippen molar-refractivity contribution in [2.24, 2.45) is 0 Å². The van der Waals surface area contributed by atoms with Crippen molar-refractivity contribution in [3.05, 3.63) is 41.5 Å². The van der Waals surface area contributed by atoms with Crippen LogP contribution >= 0.6 is 0 Å². The van der Waals surface area contributed by atoms with Gasteiger partial charge in [-0.25, -0.2) is 0 Å². The number of hydrogen-bond acceptors (Lipinski definition) is 2. The van der Waals surface area contributed by atoms with Crippen LogP contribution in [-0.4, -0.2) is 20.5 Å². The normalized spacial score (nSPS) is 13.8. The minimum atomic E-state index is 0.384. The van der Waals surface area contributed by atoms with Gasteiger partial charge in [-0.1, -0.05) is 30.3 Å². The molecule has 2 heteroatoms. The topological polar surface area (TPSA) is 18.5 Å². The first-order valence-electron chi connectivity index (χ1n) is 5.26.